The van der Waals surface area contributed by atoms with Crippen LogP contribution in [0.1, 0.15) is 30.1 Å². The minimum absolute atomic E-state index is 0.262. The highest BCUT2D eigenvalue weighted by molar-refractivity contribution is 5.78. The first-order valence-corrected chi connectivity index (χ1v) is 10.9. The lowest BCUT2D eigenvalue weighted by Crippen LogP contribution is -2.27. The minimum atomic E-state index is -0.262. The number of hydrogen-bond acceptors (Lipinski definition) is 4. The molecule has 0 spiro atoms. The highest BCUT2D eigenvalue weighted by Crippen LogP contribution is 2.35. The predicted octanol–water partition coefficient (Wildman–Crippen LogP) is 5.85. The average Bonchev–Trinajstić information content (AvgIpc) is 3.27. The first kappa shape index (κ1) is 20.4. The number of nitrogens with zero attached hydrogens (tertiary/aromatic N) is 2. The zero-order valence-electron chi connectivity index (χ0n) is 17.9. The molecule has 0 aliphatic carbocycles. The summed E-state index contributed by atoms with van der Waals surface area (Å²) in [5.41, 5.74) is 4.67. The second-order valence-electron chi connectivity index (χ2n) is 8.17. The van der Waals surface area contributed by atoms with E-state index in [9.17, 15) is 4.39 Å². The number of nitrogens with one attached hydrogen (secondary N) is 2. The van der Waals surface area contributed by atoms with Gasteiger partial charge in [0.25, 0.3) is 0 Å². The number of aromatic nitrogens is 3. The van der Waals surface area contributed by atoms with Gasteiger partial charge in [0.2, 0.25) is 5.88 Å². The number of hydrogen-bond donors (Lipinski definition) is 2. The molecule has 5 nitrogen and oxygen atoms in total. The third kappa shape index (κ3) is 4.41. The molecule has 0 bridgehead atoms. The second-order valence-corrected chi connectivity index (χ2v) is 8.17. The van der Waals surface area contributed by atoms with Gasteiger partial charge in [-0.05, 0) is 75.3 Å². The third-order valence-electron chi connectivity index (χ3n) is 5.83. The highest BCUT2D eigenvalue weighted by Gasteiger charge is 2.22. The maximum atomic E-state index is 13.5. The molecule has 5 rings (SSSR count). The van der Waals surface area contributed by atoms with Gasteiger partial charge in [0.15, 0.2) is 0 Å². The number of rotatable bonds is 5. The second kappa shape index (κ2) is 8.93. The van der Waals surface area contributed by atoms with Gasteiger partial charge >= 0.3 is 0 Å². The molecule has 32 heavy (non-hydrogen) atoms. The van der Waals surface area contributed by atoms with Gasteiger partial charge < -0.3 is 15.0 Å². The summed E-state index contributed by atoms with van der Waals surface area (Å²) in [7, 11) is 0. The van der Waals surface area contributed by atoms with Crippen molar-refractivity contribution in [3.05, 3.63) is 84.1 Å². The Labute approximate surface area is 186 Å². The molecule has 6 heteroatoms. The lowest BCUT2D eigenvalue weighted by atomic mass is 9.98. The standard InChI is InChI=1S/C26H25FN4O/c1-17-2-8-22(9-3-17)32-23-16-20(12-15-29-23)25-24(18-4-6-21(27)7-5-18)30-26(31-25)19-10-13-28-14-11-19/h2-9,12,15-16,19,28H,10-11,13-14H2,1H3,(H,30,31). The third-order valence-corrected chi connectivity index (χ3v) is 5.83. The molecule has 0 unspecified atom stereocenters. The number of benzene rings is 2. The van der Waals surface area contributed by atoms with Gasteiger partial charge in [-0.3, -0.25) is 0 Å². The van der Waals surface area contributed by atoms with Gasteiger partial charge in [-0.15, -0.1) is 0 Å². The summed E-state index contributed by atoms with van der Waals surface area (Å²) in [5, 5.41) is 3.40. The lowest BCUT2D eigenvalue weighted by molar-refractivity contribution is 0.447. The van der Waals surface area contributed by atoms with Crippen LogP contribution >= 0.6 is 0 Å². The molecule has 162 valence electrons. The SMILES string of the molecule is Cc1ccc(Oc2cc(-c3[nH]c(C4CCNCC4)nc3-c3ccc(F)cc3)ccn2)cc1. The number of pyridine rings is 1. The summed E-state index contributed by atoms with van der Waals surface area (Å²) < 4.78 is 19.5. The van der Waals surface area contributed by atoms with E-state index in [1.807, 2.05) is 43.3 Å². The normalized spacial score (nSPS) is 14.4. The molecule has 2 aromatic carbocycles. The number of ether oxygens (including phenoxy) is 1. The van der Waals surface area contributed by atoms with Gasteiger partial charge in [-0.25, -0.2) is 14.4 Å². The van der Waals surface area contributed by atoms with Crippen LogP contribution in [0.4, 0.5) is 4.39 Å². The molecular formula is C26H25FN4O. The van der Waals surface area contributed by atoms with Crippen molar-refractivity contribution >= 4 is 0 Å². The molecular weight excluding hydrogens is 403 g/mol. The summed E-state index contributed by atoms with van der Waals surface area (Å²) in [5.74, 6) is 2.32. The number of halogens is 1. The Bertz CT molecular complexity index is 1200. The predicted molar refractivity (Wildman–Crippen MR) is 123 cm³/mol. The Hall–Kier alpha value is -3.51. The van der Waals surface area contributed by atoms with Gasteiger partial charge in [-0.1, -0.05) is 17.7 Å². The molecule has 2 aromatic heterocycles. The van der Waals surface area contributed by atoms with E-state index in [0.717, 1.165) is 60.0 Å². The zero-order chi connectivity index (χ0) is 21.9. The van der Waals surface area contributed by atoms with Crippen molar-refractivity contribution in [2.45, 2.75) is 25.7 Å². The van der Waals surface area contributed by atoms with E-state index in [4.69, 9.17) is 9.72 Å². The maximum absolute atomic E-state index is 13.5. The lowest BCUT2D eigenvalue weighted by Gasteiger charge is -2.20. The Morgan fingerprint density at radius 1 is 0.938 bits per heavy atom. The van der Waals surface area contributed by atoms with E-state index < -0.39 is 0 Å². The number of imidazole rings is 1. The molecule has 1 aliphatic heterocycles. The topological polar surface area (TPSA) is 62.8 Å². The Morgan fingerprint density at radius 2 is 1.69 bits per heavy atom. The highest BCUT2D eigenvalue weighted by atomic mass is 19.1. The van der Waals surface area contributed by atoms with E-state index in [1.165, 1.54) is 17.7 Å². The fraction of sp³-hybridized carbons (Fsp3) is 0.231. The number of aryl methyl sites for hydroxylation is 1. The van der Waals surface area contributed by atoms with Crippen LogP contribution in [0.15, 0.2) is 66.9 Å². The van der Waals surface area contributed by atoms with Crippen LogP contribution in [0.3, 0.4) is 0 Å². The van der Waals surface area contributed by atoms with Crippen LogP contribution in [-0.4, -0.2) is 28.0 Å². The van der Waals surface area contributed by atoms with E-state index >= 15 is 0 Å². The van der Waals surface area contributed by atoms with E-state index in [1.54, 1.807) is 18.3 Å². The quantitative estimate of drug-likeness (QED) is 0.419. The van der Waals surface area contributed by atoms with Crippen molar-refractivity contribution in [3.63, 3.8) is 0 Å². The molecule has 0 saturated carbocycles. The fourth-order valence-electron chi connectivity index (χ4n) is 4.05. The molecule has 3 heterocycles. The largest absolute Gasteiger partial charge is 0.439 e. The van der Waals surface area contributed by atoms with Crippen LogP contribution in [0.2, 0.25) is 0 Å². The molecule has 1 fully saturated rings. The summed E-state index contributed by atoms with van der Waals surface area (Å²) in [6.45, 7) is 4.00. The Kier molecular flexibility index (Phi) is 5.69. The van der Waals surface area contributed by atoms with Crippen molar-refractivity contribution in [3.8, 4) is 34.1 Å². The number of piperidine rings is 1. The van der Waals surface area contributed by atoms with E-state index in [0.29, 0.717) is 11.8 Å². The van der Waals surface area contributed by atoms with Crippen molar-refractivity contribution < 1.29 is 9.13 Å². The molecule has 0 radical (unpaired) electrons. The van der Waals surface area contributed by atoms with Crippen LogP contribution in [-0.2, 0) is 0 Å². The minimum Gasteiger partial charge on any atom is -0.439 e. The van der Waals surface area contributed by atoms with Crippen LogP contribution in [0, 0.1) is 12.7 Å². The molecule has 0 amide bonds. The van der Waals surface area contributed by atoms with Gasteiger partial charge in [-0.2, -0.15) is 0 Å². The zero-order valence-corrected chi connectivity index (χ0v) is 17.9. The first-order chi connectivity index (χ1) is 15.7. The van der Waals surface area contributed by atoms with Gasteiger partial charge in [0.05, 0.1) is 11.4 Å². The van der Waals surface area contributed by atoms with Gasteiger partial charge in [0.1, 0.15) is 17.4 Å². The Morgan fingerprint density at radius 3 is 2.44 bits per heavy atom. The van der Waals surface area contributed by atoms with E-state index in [-0.39, 0.29) is 5.82 Å². The smallest absolute Gasteiger partial charge is 0.219 e. The van der Waals surface area contributed by atoms with Crippen LogP contribution in [0.25, 0.3) is 22.5 Å². The van der Waals surface area contributed by atoms with Crippen LogP contribution < -0.4 is 10.1 Å². The molecule has 4 aromatic rings. The van der Waals surface area contributed by atoms with Gasteiger partial charge in [0, 0.05) is 29.3 Å². The van der Waals surface area contributed by atoms with Crippen LogP contribution in [0.5, 0.6) is 11.6 Å². The fourth-order valence-corrected chi connectivity index (χ4v) is 4.05. The maximum Gasteiger partial charge on any atom is 0.219 e. The van der Waals surface area contributed by atoms with Crippen molar-refractivity contribution in [1.29, 1.82) is 0 Å². The molecule has 0 atom stereocenters. The average molecular weight is 429 g/mol. The first-order valence-electron chi connectivity index (χ1n) is 10.9. The summed E-state index contributed by atoms with van der Waals surface area (Å²) in [6.07, 6.45) is 3.81. The molecule has 1 saturated heterocycles. The molecule has 2 N–H and O–H groups in total. The van der Waals surface area contributed by atoms with Crippen molar-refractivity contribution in [1.82, 2.24) is 20.3 Å². The number of H-pyrrole nitrogens is 1. The summed E-state index contributed by atoms with van der Waals surface area (Å²) in [4.78, 5) is 12.9. The number of aromatic amines is 1. The monoisotopic (exact) mass is 428 g/mol. The summed E-state index contributed by atoms with van der Waals surface area (Å²) in [6, 6.07) is 18.2. The van der Waals surface area contributed by atoms with Crippen molar-refractivity contribution in [2.24, 2.45) is 0 Å². The van der Waals surface area contributed by atoms with E-state index in [2.05, 4.69) is 15.3 Å². The summed E-state index contributed by atoms with van der Waals surface area (Å²) >= 11 is 0. The molecule has 1 aliphatic rings. The Balaban J connectivity index is 1.53. The van der Waals surface area contributed by atoms with Crippen molar-refractivity contribution in [2.75, 3.05) is 13.1 Å².